The number of para-hydroxylation sites is 1. The molecule has 1 aromatic carbocycles. The van der Waals surface area contributed by atoms with Crippen molar-refractivity contribution in [2.24, 2.45) is 0 Å². The summed E-state index contributed by atoms with van der Waals surface area (Å²) < 4.78 is 0. The van der Waals surface area contributed by atoms with E-state index in [-0.39, 0.29) is 0 Å². The van der Waals surface area contributed by atoms with Gasteiger partial charge in [0.25, 0.3) is 0 Å². The average Bonchev–Trinajstić information content (AvgIpc) is 3.17. The quantitative estimate of drug-likeness (QED) is 0.777. The number of fused-ring (bicyclic) bond motifs is 2. The maximum atomic E-state index is 8.98. The van der Waals surface area contributed by atoms with Crippen molar-refractivity contribution in [3.05, 3.63) is 53.7 Å². The molecule has 2 heterocycles. The minimum Gasteiger partial charge on any atom is -0.325 e. The Morgan fingerprint density at radius 3 is 2.74 bits per heavy atom. The Balaban J connectivity index is 1.83. The van der Waals surface area contributed by atoms with Crippen LogP contribution in [0.2, 0.25) is 0 Å². The zero-order valence-corrected chi connectivity index (χ0v) is 10.5. The Morgan fingerprint density at radius 2 is 1.95 bits per heavy atom. The second-order valence-corrected chi connectivity index (χ2v) is 5.38. The molecular formula is C16H13N3. The van der Waals surface area contributed by atoms with Gasteiger partial charge >= 0.3 is 0 Å². The number of nitrogens with zero attached hydrogens (tertiary/aromatic N) is 3. The lowest BCUT2D eigenvalue weighted by Gasteiger charge is -2.18. The van der Waals surface area contributed by atoms with Crippen LogP contribution in [0.25, 0.3) is 0 Å². The van der Waals surface area contributed by atoms with E-state index in [9.17, 15) is 0 Å². The number of nitriles is 1. The third-order valence-electron chi connectivity index (χ3n) is 4.21. The van der Waals surface area contributed by atoms with E-state index in [0.717, 1.165) is 12.4 Å². The third-order valence-corrected chi connectivity index (χ3v) is 4.21. The van der Waals surface area contributed by atoms with Crippen LogP contribution in [0.1, 0.15) is 24.1 Å². The molecule has 4 rings (SSSR count). The van der Waals surface area contributed by atoms with Crippen molar-refractivity contribution >= 4 is 11.5 Å². The molecule has 1 aliphatic heterocycles. The highest BCUT2D eigenvalue weighted by atomic mass is 15.2. The Morgan fingerprint density at radius 1 is 1.11 bits per heavy atom. The number of aromatic nitrogens is 1. The summed E-state index contributed by atoms with van der Waals surface area (Å²) in [7, 11) is 0. The third kappa shape index (κ3) is 1.47. The average molecular weight is 247 g/mol. The first-order valence-corrected chi connectivity index (χ1v) is 6.57. The van der Waals surface area contributed by atoms with Crippen LogP contribution in [0.5, 0.6) is 0 Å². The highest BCUT2D eigenvalue weighted by Gasteiger charge is 2.51. The van der Waals surface area contributed by atoms with Crippen molar-refractivity contribution in [3.63, 3.8) is 0 Å². The molecule has 1 fully saturated rings. The van der Waals surface area contributed by atoms with Crippen LogP contribution in [-0.2, 0) is 5.41 Å². The van der Waals surface area contributed by atoms with Gasteiger partial charge in [-0.1, -0.05) is 24.3 Å². The lowest BCUT2D eigenvalue weighted by atomic mass is 9.99. The minimum atomic E-state index is 0.348. The van der Waals surface area contributed by atoms with Gasteiger partial charge in [-0.2, -0.15) is 5.26 Å². The number of hydrogen-bond acceptors (Lipinski definition) is 3. The van der Waals surface area contributed by atoms with Gasteiger partial charge in [-0.3, -0.25) is 0 Å². The maximum absolute atomic E-state index is 8.98. The van der Waals surface area contributed by atoms with Crippen LogP contribution in [0.4, 0.5) is 11.5 Å². The monoisotopic (exact) mass is 247 g/mol. The van der Waals surface area contributed by atoms with Gasteiger partial charge in [-0.05, 0) is 36.6 Å². The molecule has 0 amide bonds. The van der Waals surface area contributed by atoms with Gasteiger partial charge in [-0.15, -0.1) is 0 Å². The fourth-order valence-corrected chi connectivity index (χ4v) is 3.05. The largest absolute Gasteiger partial charge is 0.325 e. The van der Waals surface area contributed by atoms with Crippen molar-refractivity contribution in [1.82, 2.24) is 4.98 Å². The van der Waals surface area contributed by atoms with Gasteiger partial charge in [0.1, 0.15) is 17.6 Å². The zero-order chi connectivity index (χ0) is 12.9. The number of pyridine rings is 1. The Labute approximate surface area is 112 Å². The first kappa shape index (κ1) is 10.6. The van der Waals surface area contributed by atoms with Crippen LogP contribution in [0.15, 0.2) is 42.5 Å². The predicted molar refractivity (Wildman–Crippen MR) is 73.3 cm³/mol. The van der Waals surface area contributed by atoms with Crippen molar-refractivity contribution in [2.75, 3.05) is 11.4 Å². The van der Waals surface area contributed by atoms with Crippen LogP contribution in [0.3, 0.4) is 0 Å². The fourth-order valence-electron chi connectivity index (χ4n) is 3.05. The molecule has 2 aliphatic rings. The Kier molecular flexibility index (Phi) is 1.99. The van der Waals surface area contributed by atoms with Crippen LogP contribution in [0, 0.1) is 11.3 Å². The van der Waals surface area contributed by atoms with Gasteiger partial charge < -0.3 is 4.90 Å². The highest BCUT2D eigenvalue weighted by molar-refractivity contribution is 5.72. The molecular weight excluding hydrogens is 234 g/mol. The van der Waals surface area contributed by atoms with Crippen LogP contribution in [-0.4, -0.2) is 11.5 Å². The molecule has 92 valence electrons. The standard InChI is InChI=1S/C16H13N3/c17-10-12-4-3-7-15(18-12)19-11-16(8-9-16)13-5-1-2-6-14(13)19/h1-7H,8-9,11H2. The Bertz CT molecular complexity index is 695. The van der Waals surface area contributed by atoms with E-state index in [1.165, 1.54) is 24.1 Å². The summed E-state index contributed by atoms with van der Waals surface area (Å²) in [5.74, 6) is 0.885. The number of rotatable bonds is 1. The molecule has 0 atom stereocenters. The molecule has 0 N–H and O–H groups in total. The van der Waals surface area contributed by atoms with E-state index in [1.807, 2.05) is 12.1 Å². The van der Waals surface area contributed by atoms with E-state index in [1.54, 1.807) is 6.07 Å². The molecule has 1 spiro atoms. The van der Waals surface area contributed by atoms with Gasteiger partial charge in [-0.25, -0.2) is 4.98 Å². The number of hydrogen-bond donors (Lipinski definition) is 0. The van der Waals surface area contributed by atoms with Gasteiger partial charge in [0.15, 0.2) is 0 Å². The van der Waals surface area contributed by atoms with Crippen molar-refractivity contribution in [1.29, 1.82) is 5.26 Å². The maximum Gasteiger partial charge on any atom is 0.142 e. The van der Waals surface area contributed by atoms with Crippen LogP contribution < -0.4 is 4.90 Å². The molecule has 0 saturated heterocycles. The summed E-state index contributed by atoms with van der Waals surface area (Å²) in [6.07, 6.45) is 2.52. The molecule has 0 radical (unpaired) electrons. The lowest BCUT2D eigenvalue weighted by Crippen LogP contribution is -2.20. The second kappa shape index (κ2) is 3.58. The van der Waals surface area contributed by atoms with E-state index >= 15 is 0 Å². The number of benzene rings is 1. The van der Waals surface area contributed by atoms with E-state index < -0.39 is 0 Å². The van der Waals surface area contributed by atoms with E-state index in [2.05, 4.69) is 40.2 Å². The molecule has 1 aliphatic carbocycles. The first-order chi connectivity index (χ1) is 9.32. The highest BCUT2D eigenvalue weighted by Crippen LogP contribution is 2.57. The molecule has 0 bridgehead atoms. The summed E-state index contributed by atoms with van der Waals surface area (Å²) in [5, 5.41) is 8.98. The topological polar surface area (TPSA) is 39.9 Å². The normalized spacial score (nSPS) is 18.2. The smallest absolute Gasteiger partial charge is 0.142 e. The molecule has 1 aromatic heterocycles. The summed E-state index contributed by atoms with van der Waals surface area (Å²) >= 11 is 0. The first-order valence-electron chi connectivity index (χ1n) is 6.57. The SMILES string of the molecule is N#Cc1cccc(N2CC3(CC3)c3ccccc32)n1. The van der Waals surface area contributed by atoms with Gasteiger partial charge in [0, 0.05) is 17.6 Å². The number of anilines is 2. The van der Waals surface area contributed by atoms with Crippen molar-refractivity contribution in [2.45, 2.75) is 18.3 Å². The molecule has 19 heavy (non-hydrogen) atoms. The summed E-state index contributed by atoms with van der Waals surface area (Å²) in [4.78, 5) is 6.68. The van der Waals surface area contributed by atoms with Gasteiger partial charge in [0.2, 0.25) is 0 Å². The Hall–Kier alpha value is -2.34. The van der Waals surface area contributed by atoms with Gasteiger partial charge in [0.05, 0.1) is 0 Å². The lowest BCUT2D eigenvalue weighted by molar-refractivity contribution is 0.740. The predicted octanol–water partition coefficient (Wildman–Crippen LogP) is 3.14. The van der Waals surface area contributed by atoms with Crippen molar-refractivity contribution < 1.29 is 0 Å². The molecule has 3 nitrogen and oxygen atoms in total. The zero-order valence-electron chi connectivity index (χ0n) is 10.5. The molecule has 2 aromatic rings. The molecule has 1 saturated carbocycles. The summed E-state index contributed by atoms with van der Waals surface area (Å²) in [6, 6.07) is 16.3. The summed E-state index contributed by atoms with van der Waals surface area (Å²) in [5.41, 5.74) is 3.52. The van der Waals surface area contributed by atoms with E-state index in [4.69, 9.17) is 5.26 Å². The van der Waals surface area contributed by atoms with E-state index in [0.29, 0.717) is 11.1 Å². The summed E-state index contributed by atoms with van der Waals surface area (Å²) in [6.45, 7) is 0.994. The second-order valence-electron chi connectivity index (χ2n) is 5.38. The van der Waals surface area contributed by atoms with Crippen LogP contribution >= 0.6 is 0 Å². The molecule has 3 heteroatoms. The van der Waals surface area contributed by atoms with Crippen molar-refractivity contribution in [3.8, 4) is 6.07 Å². The minimum absolute atomic E-state index is 0.348. The fraction of sp³-hybridized carbons (Fsp3) is 0.250. The molecule has 0 unspecified atom stereocenters.